The number of nitrogens with one attached hydrogen (secondary N) is 2. The lowest BCUT2D eigenvalue weighted by Gasteiger charge is -2.42. The Balaban J connectivity index is 2.31. The van der Waals surface area contributed by atoms with Gasteiger partial charge >= 0.3 is 0 Å². The maximum Gasteiger partial charge on any atom is 0.248 e. The monoisotopic (exact) mass is 312 g/mol. The van der Waals surface area contributed by atoms with E-state index in [4.69, 9.17) is 17.5 Å². The molecule has 1 aromatic carbocycles. The number of carbonyl (C=O) groups is 1. The van der Waals surface area contributed by atoms with E-state index in [2.05, 4.69) is 10.3 Å². The van der Waals surface area contributed by atoms with Crippen LogP contribution in [0, 0.1) is 5.92 Å². The van der Waals surface area contributed by atoms with Gasteiger partial charge in [0.2, 0.25) is 5.91 Å². The van der Waals surface area contributed by atoms with Crippen LogP contribution in [0.4, 0.5) is 0 Å². The van der Waals surface area contributed by atoms with Gasteiger partial charge in [0.1, 0.15) is 0 Å². The number of amides is 1. The summed E-state index contributed by atoms with van der Waals surface area (Å²) in [6.07, 6.45) is 0.565. The lowest BCUT2D eigenvalue weighted by atomic mass is 9.76. The third-order valence-corrected chi connectivity index (χ3v) is 4.32. The van der Waals surface area contributed by atoms with E-state index in [1.165, 1.54) is 0 Å². The topological polar surface area (TPSA) is 90.6 Å². The zero-order valence-electron chi connectivity index (χ0n) is 12.0. The van der Waals surface area contributed by atoms with Gasteiger partial charge in [0.05, 0.1) is 5.60 Å². The minimum Gasteiger partial charge on any atom is -0.385 e. The molecule has 0 bridgehead atoms. The van der Waals surface area contributed by atoms with Crippen LogP contribution in [0.15, 0.2) is 24.3 Å². The Morgan fingerprint density at radius 3 is 3.10 bits per heavy atom. The summed E-state index contributed by atoms with van der Waals surface area (Å²) in [6.45, 7) is 1.94. The quantitative estimate of drug-likeness (QED) is 0.460. The number of hydrazine groups is 1. The lowest BCUT2D eigenvalue weighted by molar-refractivity contribution is -0.0576. The number of rotatable bonds is 5. The number of aliphatic hydroxyl groups is 1. The van der Waals surface area contributed by atoms with Crippen molar-refractivity contribution >= 4 is 17.7 Å². The van der Waals surface area contributed by atoms with Crippen LogP contribution in [0.5, 0.6) is 0 Å². The fourth-order valence-electron chi connectivity index (χ4n) is 2.83. The number of benzene rings is 1. The van der Waals surface area contributed by atoms with Gasteiger partial charge in [-0.3, -0.25) is 4.79 Å². The number of nitrogens with zero attached hydrogens (tertiary/aromatic N) is 1. The Hall–Kier alpha value is -1.18. The molecule has 21 heavy (non-hydrogen) atoms. The van der Waals surface area contributed by atoms with Crippen molar-refractivity contribution in [2.24, 2.45) is 11.7 Å². The van der Waals surface area contributed by atoms with Crippen molar-refractivity contribution in [3.8, 4) is 0 Å². The summed E-state index contributed by atoms with van der Waals surface area (Å²) in [7, 11) is 1.81. The van der Waals surface area contributed by atoms with Gasteiger partial charge in [-0.05, 0) is 42.4 Å². The second-order valence-electron chi connectivity index (χ2n) is 5.49. The minimum absolute atomic E-state index is 0.0642. The average molecular weight is 313 g/mol. The maximum absolute atomic E-state index is 11.3. The van der Waals surface area contributed by atoms with E-state index in [0.717, 1.165) is 0 Å². The van der Waals surface area contributed by atoms with Crippen molar-refractivity contribution in [1.29, 1.82) is 0 Å². The van der Waals surface area contributed by atoms with Crippen molar-refractivity contribution in [3.63, 3.8) is 0 Å². The Kier molecular flexibility index (Phi) is 5.18. The molecular weight excluding hydrogens is 292 g/mol. The number of hydrogen-bond acceptors (Lipinski definition) is 5. The van der Waals surface area contributed by atoms with Crippen molar-refractivity contribution in [2.45, 2.75) is 12.0 Å². The van der Waals surface area contributed by atoms with Crippen LogP contribution in [0.3, 0.4) is 0 Å². The van der Waals surface area contributed by atoms with Crippen molar-refractivity contribution < 1.29 is 9.90 Å². The second kappa shape index (κ2) is 6.72. The molecule has 2 rings (SSSR count). The molecule has 0 aromatic heterocycles. The summed E-state index contributed by atoms with van der Waals surface area (Å²) in [6, 6.07) is 6.90. The van der Waals surface area contributed by atoms with E-state index < -0.39 is 11.5 Å². The van der Waals surface area contributed by atoms with Gasteiger partial charge in [-0.25, -0.2) is 5.01 Å². The number of primary amides is 1. The first-order valence-corrected chi connectivity index (χ1v) is 7.26. The van der Waals surface area contributed by atoms with Gasteiger partial charge in [0, 0.05) is 31.6 Å². The van der Waals surface area contributed by atoms with Gasteiger partial charge in [0.15, 0.2) is 0 Å². The molecule has 1 fully saturated rings. The molecule has 2 atom stereocenters. The molecule has 0 radical (unpaired) electrons. The highest BCUT2D eigenvalue weighted by atomic mass is 35.5. The van der Waals surface area contributed by atoms with E-state index in [0.29, 0.717) is 37.2 Å². The molecule has 1 saturated heterocycles. The van der Waals surface area contributed by atoms with Gasteiger partial charge in [-0.2, -0.15) is 4.94 Å². The summed E-state index contributed by atoms with van der Waals surface area (Å²) in [4.78, 5) is 13.9. The molecule has 1 aliphatic rings. The van der Waals surface area contributed by atoms with E-state index in [1.54, 1.807) is 23.2 Å². The Bertz CT molecular complexity index is 514. The number of hydrogen-bond donors (Lipinski definition) is 4. The molecule has 1 heterocycles. The first-order chi connectivity index (χ1) is 9.97. The Labute approximate surface area is 129 Å². The molecule has 0 unspecified atom stereocenters. The number of piperidine rings is 1. The molecule has 5 N–H and O–H groups in total. The predicted octanol–water partition coefficient (Wildman–Crippen LogP) is 0.173. The Morgan fingerprint density at radius 2 is 2.43 bits per heavy atom. The van der Waals surface area contributed by atoms with Crippen LogP contribution < -0.4 is 16.0 Å². The third-order valence-electron chi connectivity index (χ3n) is 4.03. The largest absolute Gasteiger partial charge is 0.385 e. The molecule has 0 spiro atoms. The van der Waals surface area contributed by atoms with Gasteiger partial charge in [-0.15, -0.1) is 0 Å². The SMILES string of the molecule is CN(C[C@H]1CNCC[C@]1(O)c1cccc(C(N)=O)c1)NCl. The summed E-state index contributed by atoms with van der Waals surface area (Å²) in [5.41, 5.74) is 5.43. The molecule has 1 amide bonds. The highest BCUT2D eigenvalue weighted by Crippen LogP contribution is 2.35. The van der Waals surface area contributed by atoms with E-state index in [1.807, 2.05) is 13.1 Å². The molecule has 116 valence electrons. The molecular formula is C14H21ClN4O2. The third kappa shape index (κ3) is 3.53. The van der Waals surface area contributed by atoms with E-state index in [-0.39, 0.29) is 5.92 Å². The fourth-order valence-corrected chi connectivity index (χ4v) is 2.90. The standard InChI is InChI=1S/C14H21ClN4O2/c1-19(18-15)9-12-8-17-6-5-14(12,21)11-4-2-3-10(7-11)13(16)20/h2-4,7,12,17-18,21H,5-6,8-9H2,1H3,(H2,16,20)/t12-,14+/m1/s1. The fraction of sp³-hybridized carbons (Fsp3) is 0.500. The number of halogens is 1. The Morgan fingerprint density at radius 1 is 1.67 bits per heavy atom. The second-order valence-corrected chi connectivity index (χ2v) is 5.65. The van der Waals surface area contributed by atoms with Crippen LogP contribution in [0.2, 0.25) is 0 Å². The van der Waals surface area contributed by atoms with Crippen molar-refractivity contribution in [1.82, 2.24) is 15.3 Å². The number of carbonyl (C=O) groups excluding carboxylic acids is 1. The highest BCUT2D eigenvalue weighted by molar-refractivity contribution is 6.13. The van der Waals surface area contributed by atoms with Crippen molar-refractivity contribution in [3.05, 3.63) is 35.4 Å². The van der Waals surface area contributed by atoms with Gasteiger partial charge < -0.3 is 16.2 Å². The first kappa shape index (κ1) is 16.2. The molecule has 1 aromatic rings. The predicted molar refractivity (Wildman–Crippen MR) is 81.5 cm³/mol. The van der Waals surface area contributed by atoms with Gasteiger partial charge in [0.25, 0.3) is 0 Å². The highest BCUT2D eigenvalue weighted by Gasteiger charge is 2.41. The van der Waals surface area contributed by atoms with Crippen LogP contribution in [0.25, 0.3) is 0 Å². The van der Waals surface area contributed by atoms with Crippen LogP contribution in [-0.4, -0.2) is 42.7 Å². The normalized spacial score (nSPS) is 26.0. The maximum atomic E-state index is 11.3. The molecule has 0 saturated carbocycles. The molecule has 7 heteroatoms. The smallest absolute Gasteiger partial charge is 0.248 e. The summed E-state index contributed by atoms with van der Waals surface area (Å²) >= 11 is 5.59. The molecule has 1 aliphatic heterocycles. The summed E-state index contributed by atoms with van der Waals surface area (Å²) in [5.74, 6) is -0.559. The van der Waals surface area contributed by atoms with E-state index in [9.17, 15) is 9.90 Å². The van der Waals surface area contributed by atoms with E-state index >= 15 is 0 Å². The molecule has 6 nitrogen and oxygen atoms in total. The zero-order valence-corrected chi connectivity index (χ0v) is 12.7. The average Bonchev–Trinajstić information content (AvgIpc) is 2.49. The van der Waals surface area contributed by atoms with Gasteiger partial charge in [-0.1, -0.05) is 12.1 Å². The zero-order chi connectivity index (χ0) is 15.5. The van der Waals surface area contributed by atoms with Crippen LogP contribution in [-0.2, 0) is 5.60 Å². The summed E-state index contributed by atoms with van der Waals surface area (Å²) in [5, 5.41) is 16.2. The van der Waals surface area contributed by atoms with Crippen LogP contribution >= 0.6 is 11.8 Å². The van der Waals surface area contributed by atoms with Crippen molar-refractivity contribution in [2.75, 3.05) is 26.7 Å². The first-order valence-electron chi connectivity index (χ1n) is 6.88. The lowest BCUT2D eigenvalue weighted by Crippen LogP contribution is -2.53. The minimum atomic E-state index is -1.02. The molecule has 0 aliphatic carbocycles. The van der Waals surface area contributed by atoms with Crippen LogP contribution in [0.1, 0.15) is 22.3 Å². The summed E-state index contributed by atoms with van der Waals surface area (Å²) < 4.78 is 0. The number of nitrogens with two attached hydrogens (primary N) is 1.